The smallest absolute Gasteiger partial charge is 0.339 e. The molecule has 42 heavy (non-hydrogen) atoms. The third-order valence-electron chi connectivity index (χ3n) is 8.81. The first kappa shape index (κ1) is 31.3. The average Bonchev–Trinajstić information content (AvgIpc) is 2.97. The standard InChI is InChI=1S/C32H43N3O7/c1-4-7-16-35-29(38)27(28(37)22(5-2)6-3)33-31(41)32(35)14-17-34(18-15-32)20-21-8-10-23(11-9-21)42-24-12-13-25(30(39)40)26(36)19-24/h8-13,19,22,27-28,36-37H,4-7,14-18,20H2,1-3H3,(H,33,41)(H,39,40)/t27-,28-/m1/s1. The number of piperazine rings is 1. The van der Waals surface area contributed by atoms with Crippen LogP contribution in [0.3, 0.4) is 0 Å². The lowest BCUT2D eigenvalue weighted by Gasteiger charge is -2.52. The first-order valence-corrected chi connectivity index (χ1v) is 15.0. The van der Waals surface area contributed by atoms with Gasteiger partial charge in [0, 0.05) is 32.2 Å². The normalized spacial score (nSPS) is 19.6. The van der Waals surface area contributed by atoms with E-state index in [9.17, 15) is 24.6 Å². The Hall–Kier alpha value is -3.63. The number of likely N-dealkylation sites (tertiary alicyclic amines) is 1. The van der Waals surface area contributed by atoms with Crippen molar-refractivity contribution < 1.29 is 34.4 Å². The van der Waals surface area contributed by atoms with Gasteiger partial charge in [-0.25, -0.2) is 4.79 Å². The number of rotatable bonds is 12. The molecule has 4 rings (SSSR count). The number of carboxylic acid groups (broad SMARTS) is 1. The minimum absolute atomic E-state index is 0.0513. The molecular formula is C32H43N3O7. The van der Waals surface area contributed by atoms with Crippen molar-refractivity contribution in [1.82, 2.24) is 15.1 Å². The topological polar surface area (TPSA) is 140 Å². The van der Waals surface area contributed by atoms with Crippen molar-refractivity contribution in [3.63, 3.8) is 0 Å². The molecule has 10 heteroatoms. The highest BCUT2D eigenvalue weighted by Gasteiger charge is 2.55. The number of aliphatic hydroxyl groups is 1. The quantitative estimate of drug-likeness (QED) is 0.293. The van der Waals surface area contributed by atoms with Gasteiger partial charge in [0.25, 0.3) is 0 Å². The van der Waals surface area contributed by atoms with Crippen LogP contribution in [-0.4, -0.2) is 80.2 Å². The van der Waals surface area contributed by atoms with Gasteiger partial charge in [0.2, 0.25) is 11.8 Å². The maximum Gasteiger partial charge on any atom is 0.339 e. The van der Waals surface area contributed by atoms with E-state index < -0.39 is 23.7 Å². The van der Waals surface area contributed by atoms with Crippen LogP contribution in [0, 0.1) is 5.92 Å². The van der Waals surface area contributed by atoms with E-state index in [0.717, 1.165) is 31.2 Å². The van der Waals surface area contributed by atoms with Crippen LogP contribution in [0.15, 0.2) is 42.5 Å². The summed E-state index contributed by atoms with van der Waals surface area (Å²) < 4.78 is 5.77. The summed E-state index contributed by atoms with van der Waals surface area (Å²) in [4.78, 5) is 42.5. The van der Waals surface area contributed by atoms with Crippen molar-refractivity contribution in [2.75, 3.05) is 19.6 Å². The number of carbonyl (C=O) groups is 3. The Balaban J connectivity index is 1.39. The highest BCUT2D eigenvalue weighted by atomic mass is 16.5. The fraction of sp³-hybridized carbons (Fsp3) is 0.531. The van der Waals surface area contributed by atoms with Gasteiger partial charge < -0.3 is 30.3 Å². The summed E-state index contributed by atoms with van der Waals surface area (Å²) in [6.07, 6.45) is 3.34. The summed E-state index contributed by atoms with van der Waals surface area (Å²) in [6.45, 7) is 8.53. The minimum atomic E-state index is -1.21. The van der Waals surface area contributed by atoms with Crippen LogP contribution in [0.2, 0.25) is 0 Å². The third-order valence-corrected chi connectivity index (χ3v) is 8.81. The van der Waals surface area contributed by atoms with E-state index in [0.29, 0.717) is 50.5 Å². The number of nitrogens with one attached hydrogen (secondary N) is 1. The van der Waals surface area contributed by atoms with Crippen molar-refractivity contribution in [3.05, 3.63) is 53.6 Å². The number of aliphatic hydroxyl groups excluding tert-OH is 1. The van der Waals surface area contributed by atoms with Crippen molar-refractivity contribution in [2.45, 2.75) is 83.5 Å². The molecule has 0 radical (unpaired) electrons. The Morgan fingerprint density at radius 2 is 1.69 bits per heavy atom. The molecular weight excluding hydrogens is 538 g/mol. The fourth-order valence-electron chi connectivity index (χ4n) is 6.15. The molecule has 2 aliphatic rings. The molecule has 2 fully saturated rings. The number of benzene rings is 2. The second kappa shape index (κ2) is 13.6. The first-order chi connectivity index (χ1) is 20.1. The maximum absolute atomic E-state index is 13.7. The molecule has 2 amide bonds. The van der Waals surface area contributed by atoms with Crippen LogP contribution in [-0.2, 0) is 16.1 Å². The number of hydrogen-bond donors (Lipinski definition) is 4. The Kier molecular flexibility index (Phi) is 10.1. The number of carbonyl (C=O) groups excluding carboxylic acids is 2. The zero-order chi connectivity index (χ0) is 30.4. The monoisotopic (exact) mass is 581 g/mol. The molecule has 1 spiro atoms. The number of hydrogen-bond acceptors (Lipinski definition) is 7. The first-order valence-electron chi connectivity index (χ1n) is 15.0. The van der Waals surface area contributed by atoms with Crippen LogP contribution in [0.1, 0.15) is 75.2 Å². The summed E-state index contributed by atoms with van der Waals surface area (Å²) in [6, 6.07) is 10.7. The second-order valence-corrected chi connectivity index (χ2v) is 11.4. The van der Waals surface area contributed by atoms with E-state index in [2.05, 4.69) is 17.1 Å². The molecule has 2 atom stereocenters. The Morgan fingerprint density at radius 1 is 1.05 bits per heavy atom. The second-order valence-electron chi connectivity index (χ2n) is 11.4. The van der Waals surface area contributed by atoms with E-state index in [-0.39, 0.29) is 29.0 Å². The molecule has 2 heterocycles. The lowest BCUT2D eigenvalue weighted by molar-refractivity contribution is -0.165. The number of aromatic carboxylic acids is 1. The van der Waals surface area contributed by atoms with Gasteiger partial charge in [0.15, 0.2) is 0 Å². The predicted molar refractivity (Wildman–Crippen MR) is 157 cm³/mol. The molecule has 0 saturated carbocycles. The van der Waals surface area contributed by atoms with Crippen molar-refractivity contribution in [1.29, 1.82) is 0 Å². The molecule has 2 aliphatic heterocycles. The van der Waals surface area contributed by atoms with E-state index in [4.69, 9.17) is 9.84 Å². The van der Waals surface area contributed by atoms with Crippen LogP contribution in [0.5, 0.6) is 17.2 Å². The van der Waals surface area contributed by atoms with Crippen LogP contribution < -0.4 is 10.1 Å². The Labute approximate surface area is 247 Å². The van der Waals surface area contributed by atoms with Crippen molar-refractivity contribution >= 4 is 17.8 Å². The number of aromatic hydroxyl groups is 1. The summed E-state index contributed by atoms with van der Waals surface area (Å²) in [5.41, 5.74) is -0.0295. The number of nitrogens with zero attached hydrogens (tertiary/aromatic N) is 2. The van der Waals surface area contributed by atoms with Gasteiger partial charge in [-0.2, -0.15) is 0 Å². The predicted octanol–water partition coefficient (Wildman–Crippen LogP) is 4.14. The van der Waals surface area contributed by atoms with E-state index in [1.54, 1.807) is 4.90 Å². The Bertz CT molecular complexity index is 1250. The summed E-state index contributed by atoms with van der Waals surface area (Å²) in [7, 11) is 0. The third kappa shape index (κ3) is 6.55. The number of phenols is 1. The molecule has 4 N–H and O–H groups in total. The van der Waals surface area contributed by atoms with Gasteiger partial charge in [0.05, 0.1) is 6.10 Å². The lowest BCUT2D eigenvalue weighted by Crippen LogP contribution is -2.75. The van der Waals surface area contributed by atoms with Gasteiger partial charge in [0.1, 0.15) is 34.4 Å². The van der Waals surface area contributed by atoms with Crippen LogP contribution in [0.25, 0.3) is 0 Å². The zero-order valence-corrected chi connectivity index (χ0v) is 24.7. The van der Waals surface area contributed by atoms with Crippen molar-refractivity contribution in [2.24, 2.45) is 5.92 Å². The number of unbranched alkanes of at least 4 members (excludes halogenated alkanes) is 1. The van der Waals surface area contributed by atoms with Gasteiger partial charge in [-0.3, -0.25) is 14.5 Å². The van der Waals surface area contributed by atoms with E-state index >= 15 is 0 Å². The van der Waals surface area contributed by atoms with Gasteiger partial charge in [-0.05, 0) is 55.0 Å². The summed E-state index contributed by atoms with van der Waals surface area (Å²) >= 11 is 0. The zero-order valence-electron chi connectivity index (χ0n) is 24.7. The minimum Gasteiger partial charge on any atom is -0.507 e. The largest absolute Gasteiger partial charge is 0.507 e. The van der Waals surface area contributed by atoms with Crippen LogP contribution >= 0.6 is 0 Å². The number of amides is 2. The highest BCUT2D eigenvalue weighted by molar-refractivity contribution is 6.00. The number of piperidine rings is 1. The summed E-state index contributed by atoms with van der Waals surface area (Å²) in [5, 5.41) is 32.9. The Morgan fingerprint density at radius 3 is 2.26 bits per heavy atom. The summed E-state index contributed by atoms with van der Waals surface area (Å²) in [5.74, 6) is -1.07. The maximum atomic E-state index is 13.7. The number of ether oxygens (including phenoxy) is 1. The van der Waals surface area contributed by atoms with Crippen LogP contribution in [0.4, 0.5) is 0 Å². The SMILES string of the molecule is CCCCN1C(=O)[C@@H]([C@H](O)C(CC)CC)NC(=O)C12CCN(Cc1ccc(Oc3ccc(C(=O)O)c(O)c3)cc1)CC2. The molecule has 0 unspecified atom stereocenters. The van der Waals surface area contributed by atoms with E-state index in [1.807, 2.05) is 38.1 Å². The molecule has 0 aromatic heterocycles. The van der Waals surface area contributed by atoms with Gasteiger partial charge in [-0.15, -0.1) is 0 Å². The lowest BCUT2D eigenvalue weighted by atomic mass is 9.79. The van der Waals surface area contributed by atoms with E-state index in [1.165, 1.54) is 18.2 Å². The molecule has 2 saturated heterocycles. The van der Waals surface area contributed by atoms with Gasteiger partial charge >= 0.3 is 5.97 Å². The molecule has 2 aromatic carbocycles. The fourth-order valence-corrected chi connectivity index (χ4v) is 6.15. The molecule has 10 nitrogen and oxygen atoms in total. The number of carboxylic acids is 1. The molecule has 0 aliphatic carbocycles. The molecule has 2 aromatic rings. The highest BCUT2D eigenvalue weighted by Crippen LogP contribution is 2.35. The molecule has 228 valence electrons. The average molecular weight is 582 g/mol. The van der Waals surface area contributed by atoms with Gasteiger partial charge in [-0.1, -0.05) is 52.2 Å². The van der Waals surface area contributed by atoms with Crippen molar-refractivity contribution in [3.8, 4) is 17.2 Å². The molecule has 0 bridgehead atoms.